The lowest BCUT2D eigenvalue weighted by Gasteiger charge is -2.07. The Morgan fingerprint density at radius 2 is 2.29 bits per heavy atom. The van der Waals surface area contributed by atoms with Gasteiger partial charge in [0.25, 0.3) is 0 Å². The molecule has 0 saturated carbocycles. The van der Waals surface area contributed by atoms with Gasteiger partial charge in [0.05, 0.1) is 0 Å². The van der Waals surface area contributed by atoms with E-state index < -0.39 is 0 Å². The SMILES string of the molecule is C=CCSCCNCCOc1cccc(Br)c1. The molecule has 1 rings (SSSR count). The fourth-order valence-corrected chi connectivity index (χ4v) is 2.23. The van der Waals surface area contributed by atoms with Gasteiger partial charge in [-0.05, 0) is 18.2 Å². The van der Waals surface area contributed by atoms with Gasteiger partial charge in [0, 0.05) is 29.1 Å². The summed E-state index contributed by atoms with van der Waals surface area (Å²) in [5.74, 6) is 3.04. The number of hydrogen-bond acceptors (Lipinski definition) is 3. The lowest BCUT2D eigenvalue weighted by atomic mass is 10.3. The quantitative estimate of drug-likeness (QED) is 0.558. The van der Waals surface area contributed by atoms with Crippen molar-refractivity contribution in [1.82, 2.24) is 5.32 Å². The molecule has 1 N–H and O–H groups in total. The van der Waals surface area contributed by atoms with E-state index in [1.807, 2.05) is 42.1 Å². The number of rotatable bonds is 9. The Hall–Kier alpha value is -0.450. The number of hydrogen-bond donors (Lipinski definition) is 1. The van der Waals surface area contributed by atoms with E-state index in [0.717, 1.165) is 34.8 Å². The van der Waals surface area contributed by atoms with E-state index in [2.05, 4.69) is 27.8 Å². The molecule has 0 aliphatic heterocycles. The smallest absolute Gasteiger partial charge is 0.120 e. The Morgan fingerprint density at radius 1 is 1.41 bits per heavy atom. The molecule has 2 nitrogen and oxygen atoms in total. The van der Waals surface area contributed by atoms with Crippen molar-refractivity contribution >= 4 is 27.7 Å². The van der Waals surface area contributed by atoms with E-state index in [0.29, 0.717) is 6.61 Å². The molecular formula is C13H18BrNOS. The molecule has 0 radical (unpaired) electrons. The first-order valence-corrected chi connectivity index (χ1v) is 7.55. The molecule has 0 fully saturated rings. The monoisotopic (exact) mass is 315 g/mol. The van der Waals surface area contributed by atoms with Crippen molar-refractivity contribution < 1.29 is 4.74 Å². The van der Waals surface area contributed by atoms with Crippen LogP contribution in [0.3, 0.4) is 0 Å². The Morgan fingerprint density at radius 3 is 3.06 bits per heavy atom. The second kappa shape index (κ2) is 9.57. The van der Waals surface area contributed by atoms with Gasteiger partial charge >= 0.3 is 0 Å². The van der Waals surface area contributed by atoms with Crippen LogP contribution in [0.1, 0.15) is 0 Å². The minimum absolute atomic E-state index is 0.697. The Bertz CT molecular complexity index is 333. The van der Waals surface area contributed by atoms with Crippen LogP contribution in [-0.2, 0) is 0 Å². The third-order valence-electron chi connectivity index (χ3n) is 2.00. The molecule has 0 aliphatic rings. The fraction of sp³-hybridized carbons (Fsp3) is 0.385. The van der Waals surface area contributed by atoms with E-state index in [4.69, 9.17) is 4.74 Å². The first-order chi connectivity index (χ1) is 8.33. The van der Waals surface area contributed by atoms with Crippen LogP contribution in [-0.4, -0.2) is 31.2 Å². The second-order valence-electron chi connectivity index (χ2n) is 3.42. The van der Waals surface area contributed by atoms with Crippen molar-refractivity contribution in [3.05, 3.63) is 41.4 Å². The molecule has 4 heteroatoms. The van der Waals surface area contributed by atoms with E-state index in [9.17, 15) is 0 Å². The molecule has 0 bridgehead atoms. The van der Waals surface area contributed by atoms with Gasteiger partial charge in [-0.15, -0.1) is 6.58 Å². The highest BCUT2D eigenvalue weighted by atomic mass is 79.9. The zero-order chi connectivity index (χ0) is 12.3. The highest BCUT2D eigenvalue weighted by Gasteiger charge is 1.94. The van der Waals surface area contributed by atoms with Gasteiger partial charge in [-0.2, -0.15) is 11.8 Å². The number of nitrogens with one attached hydrogen (secondary N) is 1. The van der Waals surface area contributed by atoms with Crippen LogP contribution in [0.5, 0.6) is 5.75 Å². The average Bonchev–Trinajstić information content (AvgIpc) is 2.33. The zero-order valence-corrected chi connectivity index (χ0v) is 12.2. The lowest BCUT2D eigenvalue weighted by molar-refractivity contribution is 0.315. The van der Waals surface area contributed by atoms with Crippen molar-refractivity contribution in [3.8, 4) is 5.75 Å². The Kier molecular flexibility index (Phi) is 8.22. The van der Waals surface area contributed by atoms with Crippen molar-refractivity contribution in [2.45, 2.75) is 0 Å². The van der Waals surface area contributed by atoms with Gasteiger partial charge in [0.2, 0.25) is 0 Å². The number of thioether (sulfide) groups is 1. The normalized spacial score (nSPS) is 10.2. The summed E-state index contributed by atoms with van der Waals surface area (Å²) in [6, 6.07) is 7.89. The summed E-state index contributed by atoms with van der Waals surface area (Å²) in [5.41, 5.74) is 0. The summed E-state index contributed by atoms with van der Waals surface area (Å²) in [6.45, 7) is 6.27. The topological polar surface area (TPSA) is 21.3 Å². The molecule has 0 unspecified atom stereocenters. The molecule has 17 heavy (non-hydrogen) atoms. The van der Waals surface area contributed by atoms with Gasteiger partial charge in [0.15, 0.2) is 0 Å². The average molecular weight is 316 g/mol. The maximum atomic E-state index is 5.60. The Balaban J connectivity index is 1.99. The van der Waals surface area contributed by atoms with E-state index in [1.54, 1.807) is 0 Å². The third-order valence-corrected chi connectivity index (χ3v) is 3.46. The largest absolute Gasteiger partial charge is 0.492 e. The van der Waals surface area contributed by atoms with Gasteiger partial charge in [-0.1, -0.05) is 28.1 Å². The van der Waals surface area contributed by atoms with Gasteiger partial charge in [0.1, 0.15) is 12.4 Å². The highest BCUT2D eigenvalue weighted by molar-refractivity contribution is 9.10. The van der Waals surface area contributed by atoms with Gasteiger partial charge < -0.3 is 10.1 Å². The summed E-state index contributed by atoms with van der Waals surface area (Å²) in [5, 5.41) is 3.34. The zero-order valence-electron chi connectivity index (χ0n) is 9.82. The maximum Gasteiger partial charge on any atom is 0.120 e. The molecule has 0 heterocycles. The minimum atomic E-state index is 0.697. The molecule has 0 amide bonds. The molecule has 1 aromatic carbocycles. The molecule has 0 saturated heterocycles. The predicted molar refractivity (Wildman–Crippen MR) is 80.0 cm³/mol. The summed E-state index contributed by atoms with van der Waals surface area (Å²) < 4.78 is 6.64. The molecule has 0 aromatic heterocycles. The van der Waals surface area contributed by atoms with Crippen LogP contribution in [0, 0.1) is 0 Å². The van der Waals surface area contributed by atoms with Gasteiger partial charge in [-0.25, -0.2) is 0 Å². The van der Waals surface area contributed by atoms with Gasteiger partial charge in [-0.3, -0.25) is 0 Å². The summed E-state index contributed by atoms with van der Waals surface area (Å²) in [6.07, 6.45) is 1.93. The third kappa shape index (κ3) is 7.47. The standard InChI is InChI=1S/C13H18BrNOS/c1-2-9-17-10-7-15-6-8-16-13-5-3-4-12(14)11-13/h2-5,11,15H,1,6-10H2. The fourth-order valence-electron chi connectivity index (χ4n) is 1.23. The van der Waals surface area contributed by atoms with E-state index in [-0.39, 0.29) is 0 Å². The highest BCUT2D eigenvalue weighted by Crippen LogP contribution is 2.17. The number of halogens is 1. The van der Waals surface area contributed by atoms with Crippen molar-refractivity contribution in [2.75, 3.05) is 31.2 Å². The molecule has 1 aromatic rings. The lowest BCUT2D eigenvalue weighted by Crippen LogP contribution is -2.23. The minimum Gasteiger partial charge on any atom is -0.492 e. The second-order valence-corrected chi connectivity index (χ2v) is 5.48. The summed E-state index contributed by atoms with van der Waals surface area (Å²) in [4.78, 5) is 0. The van der Waals surface area contributed by atoms with Crippen molar-refractivity contribution in [3.63, 3.8) is 0 Å². The molecule has 0 atom stereocenters. The molecule has 0 aliphatic carbocycles. The molecular weight excluding hydrogens is 298 g/mol. The summed E-state index contributed by atoms with van der Waals surface area (Å²) >= 11 is 5.30. The maximum absolute atomic E-state index is 5.60. The molecule has 0 spiro atoms. The number of ether oxygens (including phenoxy) is 1. The van der Waals surface area contributed by atoms with E-state index in [1.165, 1.54) is 0 Å². The molecule has 94 valence electrons. The predicted octanol–water partition coefficient (Wildman–Crippen LogP) is 3.34. The van der Waals surface area contributed by atoms with Crippen LogP contribution in [0.25, 0.3) is 0 Å². The van der Waals surface area contributed by atoms with Crippen LogP contribution in [0.15, 0.2) is 41.4 Å². The van der Waals surface area contributed by atoms with Crippen LogP contribution in [0.4, 0.5) is 0 Å². The number of benzene rings is 1. The Labute approximate surface area is 116 Å². The summed E-state index contributed by atoms with van der Waals surface area (Å²) in [7, 11) is 0. The first kappa shape index (κ1) is 14.6. The van der Waals surface area contributed by atoms with E-state index >= 15 is 0 Å². The van der Waals surface area contributed by atoms with Crippen LogP contribution in [0.2, 0.25) is 0 Å². The first-order valence-electron chi connectivity index (χ1n) is 5.60. The van der Waals surface area contributed by atoms with Crippen molar-refractivity contribution in [2.24, 2.45) is 0 Å². The van der Waals surface area contributed by atoms with Crippen molar-refractivity contribution in [1.29, 1.82) is 0 Å². The van der Waals surface area contributed by atoms with Crippen LogP contribution >= 0.6 is 27.7 Å². The van der Waals surface area contributed by atoms with Crippen LogP contribution < -0.4 is 10.1 Å².